The predicted molar refractivity (Wildman–Crippen MR) is 388 cm³/mol. The molecule has 16 heteroatoms. The van der Waals surface area contributed by atoms with Crippen LogP contribution in [0.5, 0.6) is 92.0 Å². The van der Waals surface area contributed by atoms with Crippen molar-refractivity contribution in [1.82, 2.24) is 0 Å². The summed E-state index contributed by atoms with van der Waals surface area (Å²) < 4.78 is 53.6. The highest BCUT2D eigenvalue weighted by Gasteiger charge is 2.59. The summed E-state index contributed by atoms with van der Waals surface area (Å²) in [4.78, 5) is 7.94. The number of para-hydroxylation sites is 2. The Morgan fingerprint density at radius 1 is 0.350 bits per heavy atom. The van der Waals surface area contributed by atoms with Crippen LogP contribution in [0.3, 0.4) is 0 Å². The van der Waals surface area contributed by atoms with E-state index >= 15 is 0 Å². The minimum atomic E-state index is -0.703. The van der Waals surface area contributed by atoms with E-state index in [1.807, 2.05) is 72.8 Å². The number of anilines is 4. The molecule has 2 atom stereocenters. The van der Waals surface area contributed by atoms with Gasteiger partial charge < -0.3 is 59.2 Å². The highest BCUT2D eigenvalue weighted by molar-refractivity contribution is 5.74. The van der Waals surface area contributed by atoms with Crippen molar-refractivity contribution in [1.29, 1.82) is 10.5 Å². The van der Waals surface area contributed by atoms with Crippen molar-refractivity contribution in [2.45, 2.75) is 50.4 Å². The fraction of sp³-hybridized carbons (Fsp3) is 0.143. The minimum Gasteiger partial charge on any atom is -0.468 e. The lowest BCUT2D eigenvalue weighted by Gasteiger charge is -2.31. The molecule has 2 aliphatic carbocycles. The first-order valence-corrected chi connectivity index (χ1v) is 31.6. The van der Waals surface area contributed by atoms with Gasteiger partial charge in [0.05, 0.1) is 39.3 Å². The van der Waals surface area contributed by atoms with Crippen LogP contribution in [0.4, 0.5) is 34.1 Å². The molecule has 0 spiro atoms. The molecule has 0 fully saturated rings. The monoisotopic (exact) mass is 1310 g/mol. The number of hydrogen-bond acceptors (Lipinski definition) is 14. The molecule has 4 N–H and O–H groups in total. The highest BCUT2D eigenvalue weighted by atomic mass is 16.5. The number of hydrogen-bond donors (Lipinski definition) is 4. The van der Waals surface area contributed by atoms with Crippen LogP contribution in [-0.4, -0.2) is 26.2 Å². The third kappa shape index (κ3) is 13.6. The van der Waals surface area contributed by atoms with Crippen LogP contribution in [0.2, 0.25) is 0 Å². The number of ether oxygens (including phenoxy) is 8. The number of benzene rings is 10. The van der Waals surface area contributed by atoms with Crippen LogP contribution in [0.15, 0.2) is 194 Å². The van der Waals surface area contributed by atoms with Crippen LogP contribution in [-0.2, 0) is 10.8 Å². The van der Waals surface area contributed by atoms with E-state index in [0.717, 1.165) is 45.0 Å². The SMILES string of the molecule is [C-]#[N+]c1c(Oc2cccc(NCC#C)c2)cccc1Oc1cc2c(cc1Oc1cccc(Oc3cccc(NCC#C)c3)c1[N+]#[C-])C(C)(C)C1c3cc(Oc4cccc(Oc5cccc(NCC#C)c5)c4C#N)c(Oc4cccc(Oc5cccc(NCC#C)c5)c4C#N)cc3C(C)(C)C21. The number of nitriles is 2. The molecule has 16 nitrogen and oxygen atoms in total. The van der Waals surface area contributed by atoms with E-state index in [2.05, 4.69) is 94.5 Å². The fourth-order valence-electron chi connectivity index (χ4n) is 12.8. The normalized spacial score (nSPS) is 13.6. The molecule has 0 aromatic heterocycles. The predicted octanol–water partition coefficient (Wildman–Crippen LogP) is 20.5. The molecular formula is C84H62N8O8. The molecule has 10 aromatic rings. The van der Waals surface area contributed by atoms with Gasteiger partial charge in [0.15, 0.2) is 23.0 Å². The summed E-state index contributed by atoms with van der Waals surface area (Å²) >= 11 is 0. The molecule has 0 saturated carbocycles. The minimum absolute atomic E-state index is 0.0810. The van der Waals surface area contributed by atoms with Crippen molar-refractivity contribution in [3.05, 3.63) is 250 Å². The Balaban J connectivity index is 0.983. The average Bonchev–Trinajstić information content (AvgIpc) is 1.52. The lowest BCUT2D eigenvalue weighted by Crippen LogP contribution is -2.25. The second-order valence-electron chi connectivity index (χ2n) is 24.2. The van der Waals surface area contributed by atoms with Crippen molar-refractivity contribution < 1.29 is 37.9 Å². The zero-order valence-electron chi connectivity index (χ0n) is 54.8. The standard InChI is InChI=1S/C84H62N8O8/c1-11-39-89-53-23-15-27-57(43-53)93-67-31-19-33-69(63(67)51-85)97-75-47-61-65(49-77(75)98-70-34-20-32-68(64(70)52-86)94-58-28-16-24-54(44-58)90-40-12-2)83(5,6)80-62-48-76(99-73-37-21-35-71(81(73)87-9)95-59-29-17-25-55(45-59)91-41-13-3)78(50-66(62)84(7,8)79(61)80)100-74-38-22-36-72(82(74)88-10)96-60-30-18-26-56(46-60)92-42-14-4/h1-4,15-38,43-50,79-80,89-92H,39-42H2,5-8H3. The summed E-state index contributed by atoms with van der Waals surface area (Å²) in [6, 6.07) is 61.8. The van der Waals surface area contributed by atoms with Crippen molar-refractivity contribution in [2.24, 2.45) is 0 Å². The van der Waals surface area contributed by atoms with E-state index in [4.69, 9.17) is 76.7 Å². The first-order valence-electron chi connectivity index (χ1n) is 31.6. The molecule has 0 bridgehead atoms. The molecule has 0 radical (unpaired) electrons. The topological polar surface area (TPSA) is 178 Å². The number of nitrogens with one attached hydrogen (secondary N) is 4. The summed E-state index contributed by atoms with van der Waals surface area (Å²) in [7, 11) is 0. The van der Waals surface area contributed by atoms with Crippen LogP contribution >= 0.6 is 0 Å². The van der Waals surface area contributed by atoms with Crippen molar-refractivity contribution in [3.8, 4) is 154 Å². The molecule has 0 heterocycles. The van der Waals surface area contributed by atoms with E-state index in [1.165, 1.54) is 0 Å². The maximum absolute atomic E-state index is 11.0. The maximum atomic E-state index is 11.0. The molecular weight excluding hydrogens is 1250 g/mol. The second-order valence-corrected chi connectivity index (χ2v) is 24.2. The first kappa shape index (κ1) is 66.0. The summed E-state index contributed by atoms with van der Waals surface area (Å²) in [5.41, 5.74) is 5.54. The van der Waals surface area contributed by atoms with Crippen LogP contribution in [0, 0.1) is 85.2 Å². The van der Waals surface area contributed by atoms with E-state index in [0.29, 0.717) is 49.2 Å². The lowest BCUT2D eigenvalue weighted by molar-refractivity contribution is 0.348. The van der Waals surface area contributed by atoms with E-state index in [1.54, 1.807) is 121 Å². The Morgan fingerprint density at radius 2 is 0.600 bits per heavy atom. The molecule has 2 unspecified atom stereocenters. The highest BCUT2D eigenvalue weighted by Crippen LogP contribution is 2.69. The summed E-state index contributed by atoms with van der Waals surface area (Å²) in [6.07, 6.45) is 22.2. The summed E-state index contributed by atoms with van der Waals surface area (Å²) in [5.74, 6) is 14.1. The van der Waals surface area contributed by atoms with Gasteiger partial charge in [-0.1, -0.05) is 99.9 Å². The molecule has 100 heavy (non-hydrogen) atoms. The molecule has 0 saturated heterocycles. The van der Waals surface area contributed by atoms with Gasteiger partial charge >= 0.3 is 0 Å². The Morgan fingerprint density at radius 3 is 0.890 bits per heavy atom. The Bertz CT molecular complexity index is 4890. The second kappa shape index (κ2) is 28.9. The van der Waals surface area contributed by atoms with Crippen LogP contribution in [0.1, 0.15) is 72.9 Å². The fourth-order valence-corrected chi connectivity index (χ4v) is 12.8. The van der Waals surface area contributed by atoms with Gasteiger partial charge in [0, 0.05) is 58.9 Å². The van der Waals surface area contributed by atoms with Gasteiger partial charge in [0.1, 0.15) is 92.3 Å². The van der Waals surface area contributed by atoms with Crippen molar-refractivity contribution >= 4 is 34.1 Å². The van der Waals surface area contributed by atoms with Gasteiger partial charge in [-0.05, 0) is 154 Å². The molecule has 2 aliphatic rings. The third-order valence-electron chi connectivity index (χ3n) is 17.2. The summed E-state index contributed by atoms with van der Waals surface area (Å²) in [5, 5.41) is 34.6. The zero-order chi connectivity index (χ0) is 69.9. The Kier molecular flexibility index (Phi) is 19.1. The Hall–Kier alpha value is -14.0. The average molecular weight is 1310 g/mol. The largest absolute Gasteiger partial charge is 0.468 e. The molecule has 0 amide bonds. The third-order valence-corrected chi connectivity index (χ3v) is 17.2. The molecule has 0 aliphatic heterocycles. The Labute approximate surface area is 581 Å². The number of fused-ring (bicyclic) bond motifs is 5. The smallest absolute Gasteiger partial charge is 0.270 e. The number of nitrogens with zero attached hydrogens (tertiary/aromatic N) is 4. The molecule has 486 valence electrons. The van der Waals surface area contributed by atoms with Crippen LogP contribution in [0.25, 0.3) is 9.69 Å². The van der Waals surface area contributed by atoms with Crippen LogP contribution < -0.4 is 59.2 Å². The summed E-state index contributed by atoms with van der Waals surface area (Å²) in [6.45, 7) is 27.0. The first-order chi connectivity index (χ1) is 48.7. The van der Waals surface area contributed by atoms with E-state index in [9.17, 15) is 10.5 Å². The van der Waals surface area contributed by atoms with Gasteiger partial charge in [0.25, 0.3) is 11.4 Å². The van der Waals surface area contributed by atoms with Gasteiger partial charge in [-0.15, -0.1) is 25.7 Å². The van der Waals surface area contributed by atoms with E-state index < -0.39 is 10.8 Å². The van der Waals surface area contributed by atoms with Gasteiger partial charge in [-0.2, -0.15) is 10.5 Å². The van der Waals surface area contributed by atoms with E-state index in [-0.39, 0.29) is 103 Å². The lowest BCUT2D eigenvalue weighted by atomic mass is 9.72. The maximum Gasteiger partial charge on any atom is 0.270 e. The molecule has 12 rings (SSSR count). The zero-order valence-corrected chi connectivity index (χ0v) is 54.8. The van der Waals surface area contributed by atoms with Gasteiger partial charge in [0.2, 0.25) is 0 Å². The quantitative estimate of drug-likeness (QED) is 0.0332. The number of rotatable bonds is 24. The molecule has 10 aromatic carbocycles. The van der Waals surface area contributed by atoms with Crippen molar-refractivity contribution in [2.75, 3.05) is 47.4 Å². The number of terminal acetylenes is 4. The van der Waals surface area contributed by atoms with Gasteiger partial charge in [-0.25, -0.2) is 9.69 Å². The van der Waals surface area contributed by atoms with Crippen molar-refractivity contribution in [3.63, 3.8) is 0 Å². The van der Waals surface area contributed by atoms with Gasteiger partial charge in [-0.3, -0.25) is 0 Å².